The maximum absolute atomic E-state index is 6.22. The SMILES string of the molecule is CC(C)(C)c1cccc2c1oc1cc(-c3[c-]cccc3)ncc12.[CH3][Ge]([CH3])([CH3])[c]1ccc(-c2[c-]cccc2)nc1.[Ir]. The van der Waals surface area contributed by atoms with Crippen LogP contribution in [0.3, 0.4) is 0 Å². The number of benzene rings is 3. The van der Waals surface area contributed by atoms with Gasteiger partial charge in [0, 0.05) is 42.6 Å². The van der Waals surface area contributed by atoms with E-state index in [1.54, 1.807) is 0 Å². The van der Waals surface area contributed by atoms with Gasteiger partial charge in [-0.25, -0.2) is 0 Å². The predicted molar refractivity (Wildman–Crippen MR) is 166 cm³/mol. The van der Waals surface area contributed by atoms with Gasteiger partial charge in [-0.05, 0) is 17.2 Å². The van der Waals surface area contributed by atoms with E-state index in [4.69, 9.17) is 4.42 Å². The minimum Gasteiger partial charge on any atom is 0 e. The molecule has 0 amide bonds. The van der Waals surface area contributed by atoms with E-state index < -0.39 is 13.3 Å². The molecular formula is C35H34GeIrN2O-2. The number of hydrogen-bond donors (Lipinski definition) is 0. The predicted octanol–water partition coefficient (Wildman–Crippen LogP) is 8.84. The molecule has 40 heavy (non-hydrogen) atoms. The maximum Gasteiger partial charge on any atom is 0 e. The third kappa shape index (κ3) is 6.63. The summed E-state index contributed by atoms with van der Waals surface area (Å²) in [5.41, 5.74) is 7.03. The van der Waals surface area contributed by atoms with Crippen LogP contribution >= 0.6 is 0 Å². The molecule has 3 aromatic carbocycles. The van der Waals surface area contributed by atoms with Crippen molar-refractivity contribution in [1.29, 1.82) is 0 Å². The van der Waals surface area contributed by atoms with E-state index >= 15 is 0 Å². The first-order valence-corrected chi connectivity index (χ1v) is 20.7. The van der Waals surface area contributed by atoms with Gasteiger partial charge in [0.25, 0.3) is 0 Å². The molecule has 0 saturated carbocycles. The minimum atomic E-state index is -1.72. The first kappa shape index (κ1) is 29.9. The number of pyridine rings is 2. The Labute approximate surface area is 253 Å². The van der Waals surface area contributed by atoms with Crippen LogP contribution in [-0.2, 0) is 25.5 Å². The first-order valence-electron chi connectivity index (χ1n) is 13.3. The molecule has 3 aromatic heterocycles. The van der Waals surface area contributed by atoms with Gasteiger partial charge in [0.05, 0.1) is 0 Å². The Balaban J connectivity index is 0.000000192. The summed E-state index contributed by atoms with van der Waals surface area (Å²) in [7, 11) is 0. The molecule has 0 aliphatic carbocycles. The molecule has 6 rings (SSSR count). The fourth-order valence-corrected chi connectivity index (χ4v) is 6.70. The summed E-state index contributed by atoms with van der Waals surface area (Å²) in [6.45, 7) is 6.62. The molecule has 0 N–H and O–H groups in total. The molecule has 0 spiro atoms. The summed E-state index contributed by atoms with van der Waals surface area (Å²) in [6, 6.07) is 34.9. The summed E-state index contributed by atoms with van der Waals surface area (Å²) >= 11 is -1.72. The third-order valence-electron chi connectivity index (χ3n) is 6.79. The van der Waals surface area contributed by atoms with Crippen LogP contribution in [0.1, 0.15) is 26.3 Å². The van der Waals surface area contributed by atoms with Crippen molar-refractivity contribution in [2.24, 2.45) is 0 Å². The van der Waals surface area contributed by atoms with Crippen molar-refractivity contribution < 1.29 is 24.5 Å². The Morgan fingerprint density at radius 3 is 1.90 bits per heavy atom. The van der Waals surface area contributed by atoms with Crippen LogP contribution in [0.2, 0.25) is 17.3 Å². The van der Waals surface area contributed by atoms with Crippen LogP contribution in [-0.4, -0.2) is 23.2 Å². The number of hydrogen-bond acceptors (Lipinski definition) is 3. The number of aromatic nitrogens is 2. The molecule has 0 atom stereocenters. The molecule has 1 radical (unpaired) electrons. The normalized spacial score (nSPS) is 11.6. The van der Waals surface area contributed by atoms with Gasteiger partial charge >= 0.3 is 99.8 Å². The smallest absolute Gasteiger partial charge is 0 e. The molecule has 0 saturated heterocycles. The molecule has 3 heterocycles. The second kappa shape index (κ2) is 12.2. The largest absolute Gasteiger partial charge is 0 e. The van der Waals surface area contributed by atoms with Crippen LogP contribution in [0.4, 0.5) is 0 Å². The summed E-state index contributed by atoms with van der Waals surface area (Å²) in [4.78, 5) is 9.13. The maximum atomic E-state index is 6.22. The molecule has 205 valence electrons. The Morgan fingerprint density at radius 1 is 0.700 bits per heavy atom. The zero-order chi connectivity index (χ0) is 27.6. The molecule has 3 nitrogen and oxygen atoms in total. The zero-order valence-electron chi connectivity index (χ0n) is 23.9. The van der Waals surface area contributed by atoms with Crippen molar-refractivity contribution in [2.75, 3.05) is 0 Å². The molecule has 0 fully saturated rings. The minimum absolute atomic E-state index is 0. The van der Waals surface area contributed by atoms with Gasteiger partial charge in [-0.2, -0.15) is 0 Å². The van der Waals surface area contributed by atoms with E-state index in [0.29, 0.717) is 0 Å². The second-order valence-electron chi connectivity index (χ2n) is 11.8. The van der Waals surface area contributed by atoms with Crippen molar-refractivity contribution in [3.05, 3.63) is 115 Å². The average molecular weight is 763 g/mol. The summed E-state index contributed by atoms with van der Waals surface area (Å²) in [6.07, 6.45) is 3.94. The number of nitrogens with zero attached hydrogens (tertiary/aromatic N) is 2. The number of para-hydroxylation sites is 1. The second-order valence-corrected chi connectivity index (χ2v) is 22.5. The Kier molecular flexibility index (Phi) is 9.14. The molecule has 0 bridgehead atoms. The fourth-order valence-electron chi connectivity index (χ4n) is 4.53. The van der Waals surface area contributed by atoms with E-state index in [9.17, 15) is 0 Å². The summed E-state index contributed by atoms with van der Waals surface area (Å²) < 4.78 is 7.66. The molecular weight excluding hydrogens is 729 g/mol. The molecule has 0 unspecified atom stereocenters. The monoisotopic (exact) mass is 765 g/mol. The first-order chi connectivity index (χ1) is 18.6. The fraction of sp³-hybridized carbons (Fsp3) is 0.200. The molecule has 0 aliphatic heterocycles. The van der Waals surface area contributed by atoms with Crippen LogP contribution in [0, 0.1) is 12.1 Å². The van der Waals surface area contributed by atoms with E-state index in [0.717, 1.165) is 44.5 Å². The quantitative estimate of drug-likeness (QED) is 0.134. The van der Waals surface area contributed by atoms with E-state index in [1.807, 2.05) is 67.0 Å². The standard InChI is InChI=1S/C21H18NO.C14H16GeN.Ir/c1-21(2,3)17-11-7-10-15-16-13-22-18(12-19(16)23-20(15)17)14-8-5-4-6-9-14;1-15(2,3)13-9-10-14(16-11-13)12-7-5-4-6-8-12;/h4-8,10-13H,1-3H3;4-7,9-11H,1-3H3;/q2*-1;. The van der Waals surface area contributed by atoms with E-state index in [-0.39, 0.29) is 25.5 Å². The summed E-state index contributed by atoms with van der Waals surface area (Å²) in [5.74, 6) is 7.14. The van der Waals surface area contributed by atoms with E-state index in [2.05, 4.69) is 90.5 Å². The molecule has 0 aliphatic rings. The average Bonchev–Trinajstić information content (AvgIpc) is 3.31. The van der Waals surface area contributed by atoms with Crippen molar-refractivity contribution in [2.45, 2.75) is 43.5 Å². The van der Waals surface area contributed by atoms with Crippen LogP contribution in [0.5, 0.6) is 0 Å². The van der Waals surface area contributed by atoms with Crippen molar-refractivity contribution >= 4 is 39.6 Å². The Hall–Kier alpha value is -3.05. The molecule has 6 aromatic rings. The van der Waals surface area contributed by atoms with Crippen LogP contribution in [0.25, 0.3) is 44.5 Å². The van der Waals surface area contributed by atoms with Crippen molar-refractivity contribution in [1.82, 2.24) is 9.97 Å². The van der Waals surface area contributed by atoms with Gasteiger partial charge in [-0.15, -0.1) is 35.9 Å². The molecule has 5 heteroatoms. The number of furan rings is 1. The van der Waals surface area contributed by atoms with Gasteiger partial charge in [0.2, 0.25) is 0 Å². The zero-order valence-corrected chi connectivity index (χ0v) is 28.4. The van der Waals surface area contributed by atoms with Crippen LogP contribution < -0.4 is 4.40 Å². The number of rotatable bonds is 3. The van der Waals surface area contributed by atoms with Gasteiger partial charge < -0.3 is 9.40 Å². The van der Waals surface area contributed by atoms with Crippen LogP contribution in [0.15, 0.2) is 102 Å². The number of fused-ring (bicyclic) bond motifs is 3. The Morgan fingerprint density at radius 2 is 1.35 bits per heavy atom. The van der Waals surface area contributed by atoms with Crippen molar-refractivity contribution in [3.63, 3.8) is 0 Å². The van der Waals surface area contributed by atoms with Gasteiger partial charge in [-0.1, -0.05) is 39.0 Å². The van der Waals surface area contributed by atoms with Gasteiger partial charge in [0.15, 0.2) is 0 Å². The summed E-state index contributed by atoms with van der Waals surface area (Å²) in [5, 5.41) is 2.19. The van der Waals surface area contributed by atoms with Gasteiger partial charge in [-0.3, -0.25) is 0 Å². The van der Waals surface area contributed by atoms with Crippen molar-refractivity contribution in [3.8, 4) is 22.5 Å². The van der Waals surface area contributed by atoms with E-state index in [1.165, 1.54) is 9.96 Å². The Bertz CT molecular complexity index is 1700. The third-order valence-corrected chi connectivity index (χ3v) is 11.0. The van der Waals surface area contributed by atoms with Gasteiger partial charge in [0.1, 0.15) is 11.2 Å². The topological polar surface area (TPSA) is 38.9 Å².